The van der Waals surface area contributed by atoms with E-state index in [2.05, 4.69) is 0 Å². The summed E-state index contributed by atoms with van der Waals surface area (Å²) in [6.07, 6.45) is -0.792. The fourth-order valence-electron chi connectivity index (χ4n) is 1.14. The molecule has 0 spiro atoms. The third-order valence-corrected chi connectivity index (χ3v) is 2.46. The van der Waals surface area contributed by atoms with E-state index in [-0.39, 0.29) is 10.8 Å². The van der Waals surface area contributed by atoms with Crippen molar-refractivity contribution >= 4 is 23.2 Å². The number of rotatable bonds is 2. The van der Waals surface area contributed by atoms with Crippen LogP contribution in [0.4, 0.5) is 0 Å². The number of nitrogens with two attached hydrogens (primary N) is 1. The summed E-state index contributed by atoms with van der Waals surface area (Å²) < 4.78 is 0. The maximum Gasteiger partial charge on any atom is 0.123 e. The van der Waals surface area contributed by atoms with Gasteiger partial charge in [0.1, 0.15) is 5.75 Å². The van der Waals surface area contributed by atoms with E-state index in [1.165, 1.54) is 19.1 Å². The molecule has 0 fully saturated rings. The molecule has 1 aromatic carbocycles. The predicted molar refractivity (Wildman–Crippen MR) is 56.7 cm³/mol. The van der Waals surface area contributed by atoms with Gasteiger partial charge in [-0.05, 0) is 19.1 Å². The van der Waals surface area contributed by atoms with Crippen LogP contribution in [0.3, 0.4) is 0 Å². The molecule has 3 nitrogen and oxygen atoms in total. The fraction of sp³-hybridized carbons (Fsp3) is 0.333. The van der Waals surface area contributed by atoms with Crippen LogP contribution in [0, 0.1) is 0 Å². The summed E-state index contributed by atoms with van der Waals surface area (Å²) in [7, 11) is 0. The number of aliphatic hydroxyl groups excluding tert-OH is 1. The molecular weight excluding hydrogens is 225 g/mol. The quantitative estimate of drug-likeness (QED) is 0.736. The van der Waals surface area contributed by atoms with Crippen LogP contribution in [0.25, 0.3) is 0 Å². The van der Waals surface area contributed by atoms with Crippen LogP contribution in [-0.4, -0.2) is 16.3 Å². The van der Waals surface area contributed by atoms with Gasteiger partial charge in [-0.2, -0.15) is 0 Å². The molecule has 14 heavy (non-hydrogen) atoms. The first kappa shape index (κ1) is 11.6. The van der Waals surface area contributed by atoms with Crippen molar-refractivity contribution in [2.24, 2.45) is 5.73 Å². The van der Waals surface area contributed by atoms with Crippen molar-refractivity contribution in [1.29, 1.82) is 0 Å². The minimum absolute atomic E-state index is 0.101. The van der Waals surface area contributed by atoms with Gasteiger partial charge in [0.2, 0.25) is 0 Å². The van der Waals surface area contributed by atoms with Gasteiger partial charge in [-0.3, -0.25) is 0 Å². The number of hydrogen-bond acceptors (Lipinski definition) is 3. The zero-order valence-electron chi connectivity index (χ0n) is 7.54. The van der Waals surface area contributed by atoms with Crippen molar-refractivity contribution in [2.45, 2.75) is 19.1 Å². The highest BCUT2D eigenvalue weighted by molar-refractivity contribution is 6.35. The first-order valence-corrected chi connectivity index (χ1v) is 4.80. The van der Waals surface area contributed by atoms with E-state index in [1.54, 1.807) is 0 Å². The Bertz CT molecular complexity index is 319. The maximum atomic E-state index is 9.53. The number of phenols is 1. The highest BCUT2D eigenvalue weighted by Gasteiger charge is 2.19. The fourth-order valence-corrected chi connectivity index (χ4v) is 1.75. The Hall–Kier alpha value is -0.480. The Kier molecular flexibility index (Phi) is 3.61. The van der Waals surface area contributed by atoms with Crippen LogP contribution < -0.4 is 5.73 Å². The van der Waals surface area contributed by atoms with Crippen molar-refractivity contribution < 1.29 is 10.2 Å². The topological polar surface area (TPSA) is 66.5 Å². The van der Waals surface area contributed by atoms with E-state index >= 15 is 0 Å². The summed E-state index contributed by atoms with van der Waals surface area (Å²) in [6.45, 7) is 1.52. The van der Waals surface area contributed by atoms with Crippen molar-refractivity contribution in [1.82, 2.24) is 0 Å². The molecule has 0 radical (unpaired) electrons. The van der Waals surface area contributed by atoms with Gasteiger partial charge < -0.3 is 15.9 Å². The summed E-state index contributed by atoms with van der Waals surface area (Å²) in [5, 5.41) is 19.4. The normalized spacial score (nSPS) is 15.2. The molecule has 0 aliphatic rings. The van der Waals surface area contributed by atoms with Gasteiger partial charge in [-0.25, -0.2) is 0 Å². The van der Waals surface area contributed by atoms with Gasteiger partial charge in [0, 0.05) is 10.6 Å². The number of aromatic hydroxyl groups is 1. The second-order valence-electron chi connectivity index (χ2n) is 3.09. The molecule has 0 unspecified atom stereocenters. The number of aliphatic hydroxyl groups is 1. The smallest absolute Gasteiger partial charge is 0.123 e. The summed E-state index contributed by atoms with van der Waals surface area (Å²) in [5.41, 5.74) is 5.96. The first-order valence-electron chi connectivity index (χ1n) is 4.05. The lowest BCUT2D eigenvalue weighted by atomic mass is 10.0. The van der Waals surface area contributed by atoms with Crippen LogP contribution in [0.1, 0.15) is 18.5 Å². The SMILES string of the molecule is C[C@H](O)[C@H](N)c1c(O)cc(Cl)cc1Cl. The zero-order chi connectivity index (χ0) is 10.9. The van der Waals surface area contributed by atoms with E-state index in [0.29, 0.717) is 10.6 Å². The van der Waals surface area contributed by atoms with Gasteiger partial charge in [0.05, 0.1) is 17.2 Å². The zero-order valence-corrected chi connectivity index (χ0v) is 9.05. The van der Waals surface area contributed by atoms with Gasteiger partial charge in [-0.1, -0.05) is 23.2 Å². The van der Waals surface area contributed by atoms with Gasteiger partial charge in [0.25, 0.3) is 0 Å². The molecule has 78 valence electrons. The number of hydrogen-bond donors (Lipinski definition) is 3. The highest BCUT2D eigenvalue weighted by atomic mass is 35.5. The Morgan fingerprint density at radius 1 is 1.36 bits per heavy atom. The Morgan fingerprint density at radius 2 is 1.93 bits per heavy atom. The van der Waals surface area contributed by atoms with Gasteiger partial charge in [0.15, 0.2) is 0 Å². The number of halogens is 2. The largest absolute Gasteiger partial charge is 0.507 e. The van der Waals surface area contributed by atoms with E-state index in [1.807, 2.05) is 0 Å². The first-order chi connectivity index (χ1) is 6.43. The molecule has 1 aromatic rings. The van der Waals surface area contributed by atoms with E-state index in [4.69, 9.17) is 28.9 Å². The van der Waals surface area contributed by atoms with Gasteiger partial charge in [-0.15, -0.1) is 0 Å². The lowest BCUT2D eigenvalue weighted by Gasteiger charge is -2.17. The highest BCUT2D eigenvalue weighted by Crippen LogP contribution is 2.34. The Balaban J connectivity index is 3.20. The lowest BCUT2D eigenvalue weighted by molar-refractivity contribution is 0.163. The molecule has 0 saturated heterocycles. The molecule has 1 rings (SSSR count). The van der Waals surface area contributed by atoms with Crippen molar-refractivity contribution in [3.8, 4) is 5.75 Å². The van der Waals surface area contributed by atoms with Crippen LogP contribution in [0.2, 0.25) is 10.0 Å². The van der Waals surface area contributed by atoms with E-state index in [0.717, 1.165) is 0 Å². The summed E-state index contributed by atoms with van der Waals surface area (Å²) in [4.78, 5) is 0. The second kappa shape index (κ2) is 4.36. The van der Waals surface area contributed by atoms with Gasteiger partial charge >= 0.3 is 0 Å². The van der Waals surface area contributed by atoms with Crippen LogP contribution in [-0.2, 0) is 0 Å². The standard InChI is InChI=1S/C9H11Cl2NO2/c1-4(13)9(12)8-6(11)2-5(10)3-7(8)14/h2-4,9,13-14H,12H2,1H3/t4-,9-/m0/s1. The molecule has 0 heterocycles. The van der Waals surface area contributed by atoms with Crippen LogP contribution in [0.15, 0.2) is 12.1 Å². The summed E-state index contributed by atoms with van der Waals surface area (Å²) in [5.74, 6) is -0.101. The molecule has 5 heteroatoms. The third-order valence-electron chi connectivity index (χ3n) is 1.93. The van der Waals surface area contributed by atoms with Crippen molar-refractivity contribution in [3.63, 3.8) is 0 Å². The number of phenolic OH excluding ortho intramolecular Hbond substituents is 1. The molecule has 4 N–H and O–H groups in total. The minimum atomic E-state index is -0.792. The monoisotopic (exact) mass is 235 g/mol. The van der Waals surface area contributed by atoms with E-state index in [9.17, 15) is 10.2 Å². The molecule has 0 aliphatic carbocycles. The lowest BCUT2D eigenvalue weighted by Crippen LogP contribution is -2.23. The molecule has 0 amide bonds. The molecule has 0 bridgehead atoms. The van der Waals surface area contributed by atoms with E-state index < -0.39 is 12.1 Å². The third kappa shape index (κ3) is 2.30. The molecule has 0 aliphatic heterocycles. The molecule has 0 saturated carbocycles. The summed E-state index contributed by atoms with van der Waals surface area (Å²) in [6, 6.07) is 2.09. The average molecular weight is 236 g/mol. The number of benzene rings is 1. The van der Waals surface area contributed by atoms with Crippen molar-refractivity contribution in [3.05, 3.63) is 27.7 Å². The molecule has 0 aromatic heterocycles. The Labute approximate surface area is 92.1 Å². The van der Waals surface area contributed by atoms with Crippen molar-refractivity contribution in [2.75, 3.05) is 0 Å². The van der Waals surface area contributed by atoms with Crippen LogP contribution >= 0.6 is 23.2 Å². The average Bonchev–Trinajstić information content (AvgIpc) is 2.01. The molecular formula is C9H11Cl2NO2. The van der Waals surface area contributed by atoms with Crippen LogP contribution in [0.5, 0.6) is 5.75 Å². The minimum Gasteiger partial charge on any atom is -0.507 e. The molecule has 2 atom stereocenters. The predicted octanol–water partition coefficient (Wildman–Crippen LogP) is 2.08. The Morgan fingerprint density at radius 3 is 2.36 bits per heavy atom. The second-order valence-corrected chi connectivity index (χ2v) is 3.93. The summed E-state index contributed by atoms with van der Waals surface area (Å²) >= 11 is 11.5. The maximum absolute atomic E-state index is 9.53.